The van der Waals surface area contributed by atoms with Crippen molar-refractivity contribution in [3.63, 3.8) is 0 Å². The number of H-pyrrole nitrogens is 1. The van der Waals surface area contributed by atoms with Crippen LogP contribution in [0.1, 0.15) is 11.8 Å². The number of nitrogens with one attached hydrogen (secondary N) is 1. The number of aliphatic hydroxyl groups excluding tert-OH is 1. The molecule has 19 heavy (non-hydrogen) atoms. The Morgan fingerprint density at radius 3 is 2.89 bits per heavy atom. The van der Waals surface area contributed by atoms with Gasteiger partial charge in [0.2, 0.25) is 0 Å². The first-order valence-corrected chi connectivity index (χ1v) is 5.64. The molecule has 1 aliphatic heterocycles. The number of hydrogen-bond donors (Lipinski definition) is 3. The van der Waals surface area contributed by atoms with Gasteiger partial charge in [-0.2, -0.15) is 0 Å². The number of nitrogens with zero attached hydrogens (tertiary/aromatic N) is 1. The van der Waals surface area contributed by atoms with Crippen molar-refractivity contribution in [2.24, 2.45) is 5.73 Å². The van der Waals surface area contributed by atoms with Gasteiger partial charge < -0.3 is 15.6 Å². The van der Waals surface area contributed by atoms with Gasteiger partial charge in [-0.15, -0.1) is 0 Å². The van der Waals surface area contributed by atoms with Gasteiger partial charge in [0.15, 0.2) is 6.23 Å². The van der Waals surface area contributed by atoms with Gasteiger partial charge in [0.05, 0.1) is 13.2 Å². The Kier molecular flexibility index (Phi) is 3.97. The van der Waals surface area contributed by atoms with Crippen LogP contribution in [0.5, 0.6) is 0 Å². The highest BCUT2D eigenvalue weighted by molar-refractivity contribution is 5.30. The monoisotopic (exact) mass is 263 g/mol. The first-order valence-electron chi connectivity index (χ1n) is 5.64. The van der Waals surface area contributed by atoms with Crippen LogP contribution in [0.4, 0.5) is 0 Å². The Morgan fingerprint density at radius 2 is 2.26 bits per heavy atom. The molecule has 2 rings (SSSR count). The lowest BCUT2D eigenvalue weighted by Crippen LogP contribution is -2.33. The summed E-state index contributed by atoms with van der Waals surface area (Å²) in [5.74, 6) is 5.13. The quantitative estimate of drug-likeness (QED) is 0.435. The van der Waals surface area contributed by atoms with Crippen molar-refractivity contribution in [3.05, 3.63) is 44.8 Å². The van der Waals surface area contributed by atoms with Gasteiger partial charge in [0.25, 0.3) is 5.56 Å². The molecule has 0 aromatic carbocycles. The van der Waals surface area contributed by atoms with Crippen molar-refractivity contribution in [1.29, 1.82) is 0 Å². The summed E-state index contributed by atoms with van der Waals surface area (Å²) >= 11 is 0. The lowest BCUT2D eigenvalue weighted by Gasteiger charge is -2.14. The van der Waals surface area contributed by atoms with Crippen molar-refractivity contribution in [2.75, 3.05) is 13.2 Å². The molecular formula is C12H13N3O4. The summed E-state index contributed by atoms with van der Waals surface area (Å²) in [7, 11) is 0. The smallest absolute Gasteiger partial charge is 0.330 e. The molecule has 1 aliphatic rings. The fourth-order valence-electron chi connectivity index (χ4n) is 1.66. The largest absolute Gasteiger partial charge is 0.393 e. The molecule has 1 aromatic rings. The minimum atomic E-state index is -0.667. The molecule has 0 amide bonds. The van der Waals surface area contributed by atoms with E-state index >= 15 is 0 Å². The minimum Gasteiger partial charge on any atom is -0.393 e. The van der Waals surface area contributed by atoms with Crippen LogP contribution in [0.15, 0.2) is 27.9 Å². The Bertz CT molecular complexity index is 662. The van der Waals surface area contributed by atoms with Crippen LogP contribution in [-0.2, 0) is 4.74 Å². The molecule has 7 heteroatoms. The standard InChI is InChI=1S/C12H13N3O4/c13-5-1-2-8-6-15(12(18)14-11(8)17)10-4-3-9(7-16)19-10/h3-4,6,9-10,16H,5,7,13H2,(H,14,17,18)/t9-,10+/m0/s1. The second kappa shape index (κ2) is 5.67. The zero-order valence-corrected chi connectivity index (χ0v) is 10.00. The average Bonchev–Trinajstić information content (AvgIpc) is 2.86. The van der Waals surface area contributed by atoms with Crippen LogP contribution in [0.25, 0.3) is 0 Å². The van der Waals surface area contributed by atoms with Gasteiger partial charge in [-0.25, -0.2) is 4.79 Å². The van der Waals surface area contributed by atoms with Crippen LogP contribution in [-0.4, -0.2) is 33.9 Å². The highest BCUT2D eigenvalue weighted by Crippen LogP contribution is 2.18. The molecule has 0 radical (unpaired) electrons. The number of hydrogen-bond acceptors (Lipinski definition) is 5. The van der Waals surface area contributed by atoms with Gasteiger partial charge in [-0.1, -0.05) is 17.9 Å². The zero-order valence-electron chi connectivity index (χ0n) is 10.00. The van der Waals surface area contributed by atoms with Gasteiger partial charge >= 0.3 is 5.69 Å². The third-order valence-corrected chi connectivity index (χ3v) is 2.55. The van der Waals surface area contributed by atoms with Crippen molar-refractivity contribution in [3.8, 4) is 11.8 Å². The van der Waals surface area contributed by atoms with E-state index in [-0.39, 0.29) is 18.7 Å². The fourth-order valence-corrected chi connectivity index (χ4v) is 1.66. The van der Waals surface area contributed by atoms with E-state index in [1.54, 1.807) is 12.2 Å². The number of ether oxygens (including phenoxy) is 1. The molecule has 0 saturated carbocycles. The molecule has 1 aromatic heterocycles. The summed E-state index contributed by atoms with van der Waals surface area (Å²) in [6.45, 7) is -0.0596. The predicted molar refractivity (Wildman–Crippen MR) is 67.4 cm³/mol. The van der Waals surface area contributed by atoms with E-state index in [4.69, 9.17) is 15.6 Å². The van der Waals surface area contributed by atoms with Crippen molar-refractivity contribution in [2.45, 2.75) is 12.3 Å². The summed E-state index contributed by atoms with van der Waals surface area (Å²) in [6, 6.07) is 0. The number of aliphatic hydroxyl groups is 1. The van der Waals surface area contributed by atoms with Crippen molar-refractivity contribution in [1.82, 2.24) is 9.55 Å². The van der Waals surface area contributed by atoms with E-state index in [0.29, 0.717) is 0 Å². The normalized spacial score (nSPS) is 21.2. The van der Waals surface area contributed by atoms with Crippen molar-refractivity contribution < 1.29 is 9.84 Å². The lowest BCUT2D eigenvalue weighted by molar-refractivity contribution is -0.0103. The highest BCUT2D eigenvalue weighted by Gasteiger charge is 2.21. The van der Waals surface area contributed by atoms with Gasteiger partial charge in [-0.05, 0) is 6.08 Å². The molecule has 0 aliphatic carbocycles. The van der Waals surface area contributed by atoms with Crippen molar-refractivity contribution >= 4 is 0 Å². The minimum absolute atomic E-state index is 0.116. The second-order valence-corrected chi connectivity index (χ2v) is 3.85. The van der Waals surface area contributed by atoms with Crippen LogP contribution in [0.3, 0.4) is 0 Å². The number of rotatable bonds is 2. The third kappa shape index (κ3) is 2.82. The second-order valence-electron chi connectivity index (χ2n) is 3.85. The van der Waals surface area contributed by atoms with E-state index in [1.807, 2.05) is 0 Å². The van der Waals surface area contributed by atoms with E-state index in [0.717, 1.165) is 0 Å². The Labute approximate surface area is 108 Å². The SMILES string of the molecule is NCC#Cc1cn([C@H]2C=C[C@@H](CO)O2)c(=O)[nH]c1=O. The molecule has 2 heterocycles. The summed E-state index contributed by atoms with van der Waals surface area (Å²) in [5, 5.41) is 8.96. The third-order valence-electron chi connectivity index (χ3n) is 2.55. The molecule has 0 unspecified atom stereocenters. The molecular weight excluding hydrogens is 250 g/mol. The van der Waals surface area contributed by atoms with Gasteiger partial charge in [0, 0.05) is 6.20 Å². The van der Waals surface area contributed by atoms with E-state index in [1.165, 1.54) is 10.8 Å². The van der Waals surface area contributed by atoms with Gasteiger partial charge in [0.1, 0.15) is 11.7 Å². The fraction of sp³-hybridized carbons (Fsp3) is 0.333. The molecule has 2 atom stereocenters. The van der Waals surface area contributed by atoms with E-state index in [2.05, 4.69) is 16.8 Å². The number of aromatic amines is 1. The van der Waals surface area contributed by atoms with E-state index in [9.17, 15) is 9.59 Å². The Morgan fingerprint density at radius 1 is 1.47 bits per heavy atom. The average molecular weight is 263 g/mol. The maximum absolute atomic E-state index is 11.7. The molecule has 0 bridgehead atoms. The van der Waals surface area contributed by atoms with E-state index < -0.39 is 23.6 Å². The molecule has 0 spiro atoms. The maximum Gasteiger partial charge on any atom is 0.330 e. The molecule has 7 nitrogen and oxygen atoms in total. The number of aromatic nitrogens is 2. The molecule has 0 fully saturated rings. The predicted octanol–water partition coefficient (Wildman–Crippen LogP) is -1.71. The molecule has 4 N–H and O–H groups in total. The van der Waals surface area contributed by atoms with Crippen LogP contribution >= 0.6 is 0 Å². The molecule has 100 valence electrons. The topological polar surface area (TPSA) is 110 Å². The summed E-state index contributed by atoms with van der Waals surface area (Å²) < 4.78 is 6.59. The first-order chi connectivity index (χ1) is 9.15. The summed E-state index contributed by atoms with van der Waals surface area (Å²) in [6.07, 6.45) is 3.47. The lowest BCUT2D eigenvalue weighted by atomic mass is 10.3. The highest BCUT2D eigenvalue weighted by atomic mass is 16.5. The first kappa shape index (κ1) is 13.3. The Balaban J connectivity index is 2.39. The Hall–Kier alpha value is -2.14. The van der Waals surface area contributed by atoms with Crippen LogP contribution < -0.4 is 17.0 Å². The zero-order chi connectivity index (χ0) is 13.8. The maximum atomic E-state index is 11.7. The van der Waals surface area contributed by atoms with Crippen LogP contribution in [0.2, 0.25) is 0 Å². The summed E-state index contributed by atoms with van der Waals surface area (Å²) in [5.41, 5.74) is 4.20. The van der Waals surface area contributed by atoms with Gasteiger partial charge in [-0.3, -0.25) is 14.3 Å². The molecule has 0 saturated heterocycles. The number of nitrogens with two attached hydrogens (primary N) is 1. The summed E-state index contributed by atoms with van der Waals surface area (Å²) in [4.78, 5) is 25.4. The van der Waals surface area contributed by atoms with Crippen LogP contribution in [0, 0.1) is 11.8 Å².